The van der Waals surface area contributed by atoms with Gasteiger partial charge in [0.2, 0.25) is 5.88 Å². The van der Waals surface area contributed by atoms with Gasteiger partial charge in [-0.25, -0.2) is 14.8 Å². The van der Waals surface area contributed by atoms with Gasteiger partial charge in [-0.15, -0.1) is 0 Å². The SMILES string of the molecule is COC(=O)N1C[C@H](Oc2ncnc3ccc(Br)cc23)C[C@H]1C. The third kappa shape index (κ3) is 2.85. The molecule has 1 aromatic heterocycles. The van der Waals surface area contributed by atoms with E-state index in [9.17, 15) is 4.79 Å². The maximum Gasteiger partial charge on any atom is 0.409 e. The van der Waals surface area contributed by atoms with Crippen molar-refractivity contribution in [2.45, 2.75) is 25.5 Å². The summed E-state index contributed by atoms with van der Waals surface area (Å²) in [5, 5.41) is 0.848. The number of amides is 1. The minimum Gasteiger partial charge on any atom is -0.472 e. The molecule has 3 rings (SSSR count). The van der Waals surface area contributed by atoms with Gasteiger partial charge in [0.05, 0.1) is 24.6 Å². The number of benzene rings is 1. The standard InChI is InChI=1S/C15H16BrN3O3/c1-9-5-11(7-19(9)15(20)21-2)22-14-12-6-10(16)3-4-13(12)17-8-18-14/h3-4,6,8-9,11H,5,7H2,1-2H3/t9-,11-/m1/s1. The Bertz CT molecular complexity index is 709. The number of halogens is 1. The first kappa shape index (κ1) is 15.0. The first-order chi connectivity index (χ1) is 10.6. The molecule has 1 aliphatic rings. The molecule has 1 saturated heterocycles. The molecule has 0 spiro atoms. The van der Waals surface area contributed by atoms with Crippen LogP contribution in [0.15, 0.2) is 29.0 Å². The molecule has 1 amide bonds. The maximum absolute atomic E-state index is 11.7. The average molecular weight is 366 g/mol. The van der Waals surface area contributed by atoms with Crippen molar-refractivity contribution in [3.05, 3.63) is 29.0 Å². The van der Waals surface area contributed by atoms with Crippen LogP contribution in [0.4, 0.5) is 4.79 Å². The van der Waals surface area contributed by atoms with E-state index in [1.807, 2.05) is 25.1 Å². The first-order valence-electron chi connectivity index (χ1n) is 7.00. The number of carbonyl (C=O) groups is 1. The van der Waals surface area contributed by atoms with Crippen molar-refractivity contribution in [3.63, 3.8) is 0 Å². The third-order valence-corrected chi connectivity index (χ3v) is 4.28. The van der Waals surface area contributed by atoms with Crippen molar-refractivity contribution < 1.29 is 14.3 Å². The highest BCUT2D eigenvalue weighted by Gasteiger charge is 2.34. The molecule has 2 aromatic rings. The number of hydrogen-bond donors (Lipinski definition) is 0. The van der Waals surface area contributed by atoms with E-state index in [1.54, 1.807) is 4.90 Å². The zero-order valence-corrected chi connectivity index (χ0v) is 13.9. The number of ether oxygens (including phenoxy) is 2. The third-order valence-electron chi connectivity index (χ3n) is 3.78. The van der Waals surface area contributed by atoms with E-state index < -0.39 is 0 Å². The fraction of sp³-hybridized carbons (Fsp3) is 0.400. The molecule has 2 atom stereocenters. The van der Waals surface area contributed by atoms with Crippen LogP contribution >= 0.6 is 15.9 Å². The second-order valence-corrected chi connectivity index (χ2v) is 6.20. The second-order valence-electron chi connectivity index (χ2n) is 5.29. The zero-order valence-electron chi connectivity index (χ0n) is 12.3. The molecule has 0 bridgehead atoms. The maximum atomic E-state index is 11.7. The highest BCUT2D eigenvalue weighted by atomic mass is 79.9. The summed E-state index contributed by atoms with van der Waals surface area (Å²) in [6.07, 6.45) is 1.80. The van der Waals surface area contributed by atoms with Crippen molar-refractivity contribution in [1.82, 2.24) is 14.9 Å². The van der Waals surface area contributed by atoms with Crippen molar-refractivity contribution in [2.24, 2.45) is 0 Å². The summed E-state index contributed by atoms with van der Waals surface area (Å²) in [4.78, 5) is 21.8. The van der Waals surface area contributed by atoms with Gasteiger partial charge in [0.1, 0.15) is 12.4 Å². The number of fused-ring (bicyclic) bond motifs is 1. The summed E-state index contributed by atoms with van der Waals surface area (Å²) in [7, 11) is 1.39. The van der Waals surface area contributed by atoms with Crippen molar-refractivity contribution in [3.8, 4) is 5.88 Å². The van der Waals surface area contributed by atoms with Crippen molar-refractivity contribution in [2.75, 3.05) is 13.7 Å². The Morgan fingerprint density at radius 1 is 1.41 bits per heavy atom. The topological polar surface area (TPSA) is 64.5 Å². The fourth-order valence-corrected chi connectivity index (χ4v) is 3.06. The van der Waals surface area contributed by atoms with Gasteiger partial charge in [-0.1, -0.05) is 15.9 Å². The minimum absolute atomic E-state index is 0.0808. The number of carbonyl (C=O) groups excluding carboxylic acids is 1. The number of hydrogen-bond acceptors (Lipinski definition) is 5. The van der Waals surface area contributed by atoms with Crippen LogP contribution in [-0.2, 0) is 4.74 Å². The number of aromatic nitrogens is 2. The smallest absolute Gasteiger partial charge is 0.409 e. The van der Waals surface area contributed by atoms with Crippen molar-refractivity contribution in [1.29, 1.82) is 0 Å². The Morgan fingerprint density at radius 3 is 3.00 bits per heavy atom. The number of nitrogens with zero attached hydrogens (tertiary/aromatic N) is 3. The molecule has 0 saturated carbocycles. The summed E-state index contributed by atoms with van der Waals surface area (Å²) >= 11 is 3.45. The first-order valence-corrected chi connectivity index (χ1v) is 7.79. The Kier molecular flexibility index (Phi) is 4.15. The fourth-order valence-electron chi connectivity index (χ4n) is 2.70. The van der Waals surface area contributed by atoms with Crippen LogP contribution in [0.25, 0.3) is 10.9 Å². The van der Waals surface area contributed by atoms with E-state index in [4.69, 9.17) is 9.47 Å². The molecular weight excluding hydrogens is 350 g/mol. The highest BCUT2D eigenvalue weighted by molar-refractivity contribution is 9.10. The van der Waals surface area contributed by atoms with Gasteiger partial charge in [0.25, 0.3) is 0 Å². The van der Waals surface area contributed by atoms with Crippen LogP contribution in [-0.4, -0.2) is 46.8 Å². The van der Waals surface area contributed by atoms with Crippen LogP contribution in [0.1, 0.15) is 13.3 Å². The van der Waals surface area contributed by atoms with Gasteiger partial charge in [-0.05, 0) is 25.1 Å². The van der Waals surface area contributed by atoms with E-state index in [0.29, 0.717) is 12.4 Å². The summed E-state index contributed by atoms with van der Waals surface area (Å²) in [6.45, 7) is 2.47. The van der Waals surface area contributed by atoms with Gasteiger partial charge in [0.15, 0.2) is 0 Å². The van der Waals surface area contributed by atoms with E-state index in [2.05, 4.69) is 25.9 Å². The average Bonchev–Trinajstić information content (AvgIpc) is 2.88. The van der Waals surface area contributed by atoms with E-state index in [1.165, 1.54) is 13.4 Å². The van der Waals surface area contributed by atoms with Gasteiger partial charge in [-0.2, -0.15) is 0 Å². The largest absolute Gasteiger partial charge is 0.472 e. The Labute approximate surface area is 136 Å². The molecule has 0 N–H and O–H groups in total. The normalized spacial score (nSPS) is 21.1. The predicted octanol–water partition coefficient (Wildman–Crippen LogP) is 3.00. The number of methoxy groups -OCH3 is 1. The Morgan fingerprint density at radius 2 is 2.23 bits per heavy atom. The molecule has 1 aliphatic heterocycles. The summed E-state index contributed by atoms with van der Waals surface area (Å²) < 4.78 is 11.7. The summed E-state index contributed by atoms with van der Waals surface area (Å²) in [6, 6.07) is 5.85. The van der Waals surface area contributed by atoms with E-state index >= 15 is 0 Å². The van der Waals surface area contributed by atoms with Crippen LogP contribution in [0.3, 0.4) is 0 Å². The molecule has 0 radical (unpaired) electrons. The van der Waals surface area contributed by atoms with Gasteiger partial charge < -0.3 is 14.4 Å². The number of likely N-dealkylation sites (tertiary alicyclic amines) is 1. The lowest BCUT2D eigenvalue weighted by Crippen LogP contribution is -2.34. The molecule has 1 fully saturated rings. The van der Waals surface area contributed by atoms with E-state index in [0.717, 1.165) is 21.8 Å². The lowest BCUT2D eigenvalue weighted by atomic mass is 10.2. The van der Waals surface area contributed by atoms with Crippen LogP contribution < -0.4 is 4.74 Å². The minimum atomic E-state index is -0.325. The van der Waals surface area contributed by atoms with Gasteiger partial charge in [-0.3, -0.25) is 0 Å². The van der Waals surface area contributed by atoms with Crippen LogP contribution in [0, 0.1) is 0 Å². The molecule has 1 aromatic carbocycles. The number of rotatable bonds is 2. The molecule has 7 heteroatoms. The Balaban J connectivity index is 1.82. The molecule has 116 valence electrons. The van der Waals surface area contributed by atoms with Crippen molar-refractivity contribution >= 4 is 32.9 Å². The predicted molar refractivity (Wildman–Crippen MR) is 84.8 cm³/mol. The molecule has 22 heavy (non-hydrogen) atoms. The van der Waals surface area contributed by atoms with Gasteiger partial charge in [0, 0.05) is 16.9 Å². The van der Waals surface area contributed by atoms with E-state index in [-0.39, 0.29) is 18.2 Å². The molecule has 0 aliphatic carbocycles. The summed E-state index contributed by atoms with van der Waals surface area (Å²) in [5.74, 6) is 0.537. The molecule has 6 nitrogen and oxygen atoms in total. The molecular formula is C15H16BrN3O3. The molecule has 2 heterocycles. The van der Waals surface area contributed by atoms with Crippen LogP contribution in [0.2, 0.25) is 0 Å². The zero-order chi connectivity index (χ0) is 15.7. The van der Waals surface area contributed by atoms with Crippen LogP contribution in [0.5, 0.6) is 5.88 Å². The lowest BCUT2D eigenvalue weighted by Gasteiger charge is -2.19. The lowest BCUT2D eigenvalue weighted by molar-refractivity contribution is 0.116. The highest BCUT2D eigenvalue weighted by Crippen LogP contribution is 2.28. The Hall–Kier alpha value is -1.89. The van der Waals surface area contributed by atoms with Gasteiger partial charge >= 0.3 is 6.09 Å². The molecule has 0 unspecified atom stereocenters. The summed E-state index contributed by atoms with van der Waals surface area (Å²) in [5.41, 5.74) is 0.823. The quantitative estimate of drug-likeness (QED) is 0.818. The monoisotopic (exact) mass is 365 g/mol. The second kappa shape index (κ2) is 6.08.